The standard InChI is InChI=1S/C13H15ClFN3O/c14-13-10(15)6-9(7-16-13)8-17-5-3-12(19)18-4-1-2-11(17)18/h6-7,11H,1-5,8H2. The second-order valence-electron chi connectivity index (χ2n) is 5.05. The number of amides is 1. The Labute approximate surface area is 116 Å². The van der Waals surface area contributed by atoms with E-state index in [2.05, 4.69) is 9.88 Å². The number of carbonyl (C=O) groups excluding carboxylic acids is 1. The number of aromatic nitrogens is 1. The number of hydrogen-bond acceptors (Lipinski definition) is 3. The van der Waals surface area contributed by atoms with Crippen molar-refractivity contribution in [2.75, 3.05) is 13.1 Å². The molecule has 0 aliphatic carbocycles. The van der Waals surface area contributed by atoms with Crippen molar-refractivity contribution in [1.29, 1.82) is 0 Å². The monoisotopic (exact) mass is 283 g/mol. The van der Waals surface area contributed by atoms with E-state index in [4.69, 9.17) is 11.6 Å². The van der Waals surface area contributed by atoms with Crippen molar-refractivity contribution >= 4 is 17.5 Å². The molecule has 3 rings (SSSR count). The first-order chi connectivity index (χ1) is 9.15. The summed E-state index contributed by atoms with van der Waals surface area (Å²) in [5.41, 5.74) is 0.795. The maximum Gasteiger partial charge on any atom is 0.225 e. The highest BCUT2D eigenvalue weighted by Gasteiger charge is 2.36. The predicted molar refractivity (Wildman–Crippen MR) is 69.0 cm³/mol. The zero-order valence-electron chi connectivity index (χ0n) is 10.5. The molecule has 19 heavy (non-hydrogen) atoms. The van der Waals surface area contributed by atoms with Crippen molar-refractivity contribution in [1.82, 2.24) is 14.8 Å². The van der Waals surface area contributed by atoms with Crippen molar-refractivity contribution in [3.05, 3.63) is 28.8 Å². The SMILES string of the molecule is O=C1CCN(Cc2cnc(Cl)c(F)c2)C2CCCN12. The molecule has 0 radical (unpaired) electrons. The smallest absolute Gasteiger partial charge is 0.225 e. The summed E-state index contributed by atoms with van der Waals surface area (Å²) in [5.74, 6) is -0.255. The molecule has 1 aromatic heterocycles. The van der Waals surface area contributed by atoms with Crippen molar-refractivity contribution < 1.29 is 9.18 Å². The van der Waals surface area contributed by atoms with E-state index < -0.39 is 5.82 Å². The van der Waals surface area contributed by atoms with E-state index in [1.165, 1.54) is 6.07 Å². The minimum Gasteiger partial charge on any atom is -0.327 e. The van der Waals surface area contributed by atoms with Gasteiger partial charge in [0.05, 0.1) is 6.17 Å². The molecule has 1 amide bonds. The van der Waals surface area contributed by atoms with Crippen molar-refractivity contribution in [2.24, 2.45) is 0 Å². The summed E-state index contributed by atoms with van der Waals surface area (Å²) in [5, 5.41) is -0.0972. The lowest BCUT2D eigenvalue weighted by Gasteiger charge is -2.39. The maximum atomic E-state index is 13.4. The van der Waals surface area contributed by atoms with E-state index in [9.17, 15) is 9.18 Å². The molecule has 1 aromatic rings. The van der Waals surface area contributed by atoms with Gasteiger partial charge in [-0.3, -0.25) is 9.69 Å². The molecule has 2 aliphatic rings. The summed E-state index contributed by atoms with van der Waals surface area (Å²) in [6.45, 7) is 2.17. The van der Waals surface area contributed by atoms with E-state index in [0.717, 1.165) is 31.5 Å². The van der Waals surface area contributed by atoms with Crippen LogP contribution >= 0.6 is 11.6 Å². The van der Waals surface area contributed by atoms with Crippen LogP contribution in [0.5, 0.6) is 0 Å². The van der Waals surface area contributed by atoms with Crippen LogP contribution in [0.4, 0.5) is 4.39 Å². The highest BCUT2D eigenvalue weighted by molar-refractivity contribution is 6.29. The second kappa shape index (κ2) is 5.06. The third kappa shape index (κ3) is 2.44. The minimum absolute atomic E-state index is 0.0972. The van der Waals surface area contributed by atoms with E-state index in [0.29, 0.717) is 13.0 Å². The van der Waals surface area contributed by atoms with Crippen LogP contribution in [-0.2, 0) is 11.3 Å². The second-order valence-corrected chi connectivity index (χ2v) is 5.40. The first-order valence-electron chi connectivity index (χ1n) is 6.48. The first-order valence-corrected chi connectivity index (χ1v) is 6.86. The van der Waals surface area contributed by atoms with Crippen LogP contribution in [-0.4, -0.2) is 39.9 Å². The molecular formula is C13H15ClFN3O. The molecule has 1 atom stereocenters. The van der Waals surface area contributed by atoms with Crippen LogP contribution in [0.1, 0.15) is 24.8 Å². The molecule has 4 nitrogen and oxygen atoms in total. The predicted octanol–water partition coefficient (Wildman–Crippen LogP) is 2.03. The molecular weight excluding hydrogens is 269 g/mol. The summed E-state index contributed by atoms with van der Waals surface area (Å²) >= 11 is 5.58. The van der Waals surface area contributed by atoms with Crippen LogP contribution in [0, 0.1) is 5.82 Å². The highest BCUT2D eigenvalue weighted by atomic mass is 35.5. The molecule has 3 heterocycles. The zero-order valence-corrected chi connectivity index (χ0v) is 11.2. The molecule has 0 saturated carbocycles. The van der Waals surface area contributed by atoms with Crippen LogP contribution < -0.4 is 0 Å². The number of fused-ring (bicyclic) bond motifs is 1. The molecule has 0 spiro atoms. The van der Waals surface area contributed by atoms with Gasteiger partial charge in [-0.05, 0) is 24.5 Å². The van der Waals surface area contributed by atoms with Gasteiger partial charge in [0.2, 0.25) is 5.91 Å². The van der Waals surface area contributed by atoms with E-state index in [-0.39, 0.29) is 17.2 Å². The first kappa shape index (κ1) is 12.8. The Morgan fingerprint density at radius 1 is 1.47 bits per heavy atom. The Hall–Kier alpha value is -1.20. The lowest BCUT2D eigenvalue weighted by Crippen LogP contribution is -2.52. The fourth-order valence-electron chi connectivity index (χ4n) is 2.92. The Bertz CT molecular complexity index is 511. The third-order valence-corrected chi connectivity index (χ3v) is 4.09. The average Bonchev–Trinajstić information content (AvgIpc) is 2.87. The topological polar surface area (TPSA) is 36.4 Å². The van der Waals surface area contributed by atoms with E-state index in [1.807, 2.05) is 4.90 Å². The van der Waals surface area contributed by atoms with Gasteiger partial charge < -0.3 is 4.90 Å². The van der Waals surface area contributed by atoms with Gasteiger partial charge in [-0.25, -0.2) is 9.37 Å². The van der Waals surface area contributed by atoms with E-state index >= 15 is 0 Å². The Morgan fingerprint density at radius 2 is 2.32 bits per heavy atom. The number of nitrogens with zero attached hydrogens (tertiary/aromatic N) is 3. The van der Waals surface area contributed by atoms with Gasteiger partial charge in [0.15, 0.2) is 11.0 Å². The van der Waals surface area contributed by atoms with Gasteiger partial charge in [0, 0.05) is 32.3 Å². The fraction of sp³-hybridized carbons (Fsp3) is 0.538. The number of carbonyl (C=O) groups is 1. The highest BCUT2D eigenvalue weighted by Crippen LogP contribution is 2.27. The Morgan fingerprint density at radius 3 is 3.11 bits per heavy atom. The molecule has 0 aromatic carbocycles. The quantitative estimate of drug-likeness (QED) is 0.779. The summed E-state index contributed by atoms with van der Waals surface area (Å²) in [6.07, 6.45) is 4.34. The van der Waals surface area contributed by atoms with Crippen LogP contribution in [0.15, 0.2) is 12.3 Å². The number of hydrogen-bond donors (Lipinski definition) is 0. The molecule has 0 bridgehead atoms. The molecule has 2 fully saturated rings. The van der Waals surface area contributed by atoms with Gasteiger partial charge in [-0.2, -0.15) is 0 Å². The summed E-state index contributed by atoms with van der Waals surface area (Å²) in [7, 11) is 0. The maximum absolute atomic E-state index is 13.4. The van der Waals surface area contributed by atoms with Gasteiger partial charge in [-0.1, -0.05) is 11.6 Å². The lowest BCUT2D eigenvalue weighted by molar-refractivity contribution is -0.141. The van der Waals surface area contributed by atoms with Crippen molar-refractivity contribution in [3.63, 3.8) is 0 Å². The van der Waals surface area contributed by atoms with Gasteiger partial charge in [-0.15, -0.1) is 0 Å². The number of rotatable bonds is 2. The van der Waals surface area contributed by atoms with Crippen LogP contribution in [0.3, 0.4) is 0 Å². The molecule has 2 saturated heterocycles. The summed E-state index contributed by atoms with van der Waals surface area (Å²) in [6, 6.07) is 1.42. The molecule has 6 heteroatoms. The van der Waals surface area contributed by atoms with Gasteiger partial charge in [0.1, 0.15) is 0 Å². The molecule has 102 valence electrons. The fourth-order valence-corrected chi connectivity index (χ4v) is 3.02. The van der Waals surface area contributed by atoms with Gasteiger partial charge >= 0.3 is 0 Å². The molecule has 2 aliphatic heterocycles. The van der Waals surface area contributed by atoms with Crippen LogP contribution in [0.2, 0.25) is 5.15 Å². The minimum atomic E-state index is -0.490. The molecule has 1 unspecified atom stereocenters. The third-order valence-electron chi connectivity index (χ3n) is 3.81. The average molecular weight is 284 g/mol. The normalized spacial score (nSPS) is 23.8. The Balaban J connectivity index is 1.75. The van der Waals surface area contributed by atoms with Gasteiger partial charge in [0.25, 0.3) is 0 Å². The lowest BCUT2D eigenvalue weighted by atomic mass is 10.1. The molecule has 0 N–H and O–H groups in total. The summed E-state index contributed by atoms with van der Waals surface area (Å²) in [4.78, 5) is 19.8. The van der Waals surface area contributed by atoms with Crippen LogP contribution in [0.25, 0.3) is 0 Å². The van der Waals surface area contributed by atoms with Crippen molar-refractivity contribution in [3.8, 4) is 0 Å². The number of pyridine rings is 1. The largest absolute Gasteiger partial charge is 0.327 e. The summed E-state index contributed by atoms with van der Waals surface area (Å²) < 4.78 is 13.4. The number of halogens is 2. The zero-order chi connectivity index (χ0) is 13.4. The van der Waals surface area contributed by atoms with Crippen molar-refractivity contribution in [2.45, 2.75) is 32.0 Å². The Kier molecular flexibility index (Phi) is 3.41. The van der Waals surface area contributed by atoms with E-state index in [1.54, 1.807) is 6.20 Å².